The van der Waals surface area contributed by atoms with Crippen molar-refractivity contribution in [2.75, 3.05) is 13.1 Å². The second kappa shape index (κ2) is 8.90. The Hall–Kier alpha value is -3.55. The standard InChI is InChI=1S/C24H26N6O2/c31-23(13-18-5-3-10-25-14-18)30-11-4-8-21(30)16-29-17-22(26-27-29)24(32)28-12-9-19-6-1-2-7-20(19)15-28/h1-3,5-7,10,14,17,21H,4,8-9,11-13,15-16H2/t21-/m0/s1. The van der Waals surface area contributed by atoms with Gasteiger partial charge in [-0.2, -0.15) is 0 Å². The van der Waals surface area contributed by atoms with Crippen molar-refractivity contribution in [3.05, 3.63) is 77.4 Å². The number of fused-ring (bicyclic) bond motifs is 1. The van der Waals surface area contributed by atoms with Crippen LogP contribution in [0.5, 0.6) is 0 Å². The highest BCUT2D eigenvalue weighted by molar-refractivity contribution is 5.92. The lowest BCUT2D eigenvalue weighted by Crippen LogP contribution is -2.39. The van der Waals surface area contributed by atoms with Crippen molar-refractivity contribution in [1.82, 2.24) is 29.8 Å². The van der Waals surface area contributed by atoms with E-state index < -0.39 is 0 Å². The van der Waals surface area contributed by atoms with E-state index >= 15 is 0 Å². The predicted molar refractivity (Wildman–Crippen MR) is 118 cm³/mol. The van der Waals surface area contributed by atoms with E-state index in [1.54, 1.807) is 23.3 Å². The van der Waals surface area contributed by atoms with Crippen LogP contribution in [0.1, 0.15) is 40.0 Å². The monoisotopic (exact) mass is 430 g/mol. The molecule has 0 saturated carbocycles. The van der Waals surface area contributed by atoms with E-state index in [0.29, 0.717) is 31.7 Å². The largest absolute Gasteiger partial charge is 0.338 e. The third-order valence-electron chi connectivity index (χ3n) is 6.35. The fourth-order valence-corrected chi connectivity index (χ4v) is 4.67. The molecule has 164 valence electrons. The van der Waals surface area contributed by atoms with E-state index in [9.17, 15) is 9.59 Å². The van der Waals surface area contributed by atoms with Gasteiger partial charge in [-0.15, -0.1) is 5.10 Å². The molecule has 2 amide bonds. The zero-order valence-electron chi connectivity index (χ0n) is 17.9. The number of hydrogen-bond donors (Lipinski definition) is 0. The molecule has 2 aliphatic heterocycles. The molecule has 3 aromatic rings. The van der Waals surface area contributed by atoms with Gasteiger partial charge in [0.1, 0.15) is 0 Å². The van der Waals surface area contributed by atoms with Crippen LogP contribution in [0.2, 0.25) is 0 Å². The molecule has 2 aliphatic rings. The summed E-state index contributed by atoms with van der Waals surface area (Å²) >= 11 is 0. The average molecular weight is 431 g/mol. The minimum atomic E-state index is -0.0957. The Labute approximate surface area is 186 Å². The first-order chi connectivity index (χ1) is 15.7. The number of likely N-dealkylation sites (tertiary alicyclic amines) is 1. The van der Waals surface area contributed by atoms with Gasteiger partial charge in [0.2, 0.25) is 5.91 Å². The molecule has 8 nitrogen and oxygen atoms in total. The number of benzene rings is 1. The zero-order valence-corrected chi connectivity index (χ0v) is 17.9. The molecule has 1 atom stereocenters. The van der Waals surface area contributed by atoms with Crippen molar-refractivity contribution in [3.63, 3.8) is 0 Å². The Morgan fingerprint density at radius 3 is 2.78 bits per heavy atom. The summed E-state index contributed by atoms with van der Waals surface area (Å²) < 4.78 is 1.70. The number of aromatic nitrogens is 4. The van der Waals surface area contributed by atoms with E-state index in [0.717, 1.165) is 31.4 Å². The van der Waals surface area contributed by atoms with Crippen LogP contribution in [0.25, 0.3) is 0 Å². The number of pyridine rings is 1. The van der Waals surface area contributed by atoms with E-state index in [-0.39, 0.29) is 17.9 Å². The minimum Gasteiger partial charge on any atom is -0.338 e. The van der Waals surface area contributed by atoms with E-state index in [1.807, 2.05) is 34.1 Å². The molecule has 1 aromatic carbocycles. The molecule has 1 fully saturated rings. The highest BCUT2D eigenvalue weighted by atomic mass is 16.2. The van der Waals surface area contributed by atoms with Crippen molar-refractivity contribution in [3.8, 4) is 0 Å². The molecule has 0 bridgehead atoms. The van der Waals surface area contributed by atoms with Crippen LogP contribution in [0.4, 0.5) is 0 Å². The molecule has 0 N–H and O–H groups in total. The maximum atomic E-state index is 13.0. The first kappa shape index (κ1) is 20.4. The van der Waals surface area contributed by atoms with Gasteiger partial charge in [0.05, 0.1) is 25.2 Å². The summed E-state index contributed by atoms with van der Waals surface area (Å²) in [6, 6.07) is 12.1. The van der Waals surface area contributed by atoms with Gasteiger partial charge >= 0.3 is 0 Å². The molecule has 0 radical (unpaired) electrons. The molecule has 32 heavy (non-hydrogen) atoms. The first-order valence-corrected chi connectivity index (χ1v) is 11.1. The molecule has 5 rings (SSSR count). The lowest BCUT2D eigenvalue weighted by Gasteiger charge is -2.28. The molecule has 0 aliphatic carbocycles. The third kappa shape index (κ3) is 4.26. The summed E-state index contributed by atoms with van der Waals surface area (Å²) in [5, 5.41) is 8.33. The van der Waals surface area contributed by atoms with Crippen LogP contribution in [0.3, 0.4) is 0 Å². The van der Waals surface area contributed by atoms with Crippen LogP contribution in [0, 0.1) is 0 Å². The Morgan fingerprint density at radius 1 is 1.06 bits per heavy atom. The fraction of sp³-hybridized carbons (Fsp3) is 0.375. The highest BCUT2D eigenvalue weighted by Gasteiger charge is 2.30. The summed E-state index contributed by atoms with van der Waals surface area (Å²) in [4.78, 5) is 33.7. The number of amides is 2. The Balaban J connectivity index is 1.22. The Morgan fingerprint density at radius 2 is 1.94 bits per heavy atom. The van der Waals surface area contributed by atoms with E-state index in [2.05, 4.69) is 27.4 Å². The quantitative estimate of drug-likeness (QED) is 0.619. The van der Waals surface area contributed by atoms with Gasteiger partial charge in [0.25, 0.3) is 5.91 Å². The van der Waals surface area contributed by atoms with Crippen molar-refractivity contribution in [2.45, 2.75) is 44.8 Å². The van der Waals surface area contributed by atoms with Crippen molar-refractivity contribution in [1.29, 1.82) is 0 Å². The maximum Gasteiger partial charge on any atom is 0.276 e. The second-order valence-electron chi connectivity index (χ2n) is 8.49. The van der Waals surface area contributed by atoms with Crippen molar-refractivity contribution < 1.29 is 9.59 Å². The fourth-order valence-electron chi connectivity index (χ4n) is 4.67. The molecule has 2 aromatic heterocycles. The maximum absolute atomic E-state index is 13.0. The summed E-state index contributed by atoms with van der Waals surface area (Å²) in [5.41, 5.74) is 3.77. The summed E-state index contributed by atoms with van der Waals surface area (Å²) in [5.74, 6) is 0.00517. The van der Waals surface area contributed by atoms with Gasteiger partial charge in [0.15, 0.2) is 5.69 Å². The lowest BCUT2D eigenvalue weighted by molar-refractivity contribution is -0.131. The van der Waals surface area contributed by atoms with Crippen LogP contribution in [-0.4, -0.2) is 60.7 Å². The van der Waals surface area contributed by atoms with Gasteiger partial charge < -0.3 is 9.80 Å². The zero-order chi connectivity index (χ0) is 21.9. The molecule has 0 spiro atoms. The first-order valence-electron chi connectivity index (χ1n) is 11.1. The number of carbonyl (C=O) groups excluding carboxylic acids is 2. The molecular weight excluding hydrogens is 404 g/mol. The number of rotatable bonds is 5. The topological polar surface area (TPSA) is 84.2 Å². The van der Waals surface area contributed by atoms with E-state index in [1.165, 1.54) is 11.1 Å². The summed E-state index contributed by atoms with van der Waals surface area (Å²) in [6.07, 6.45) is 8.25. The molecule has 8 heteroatoms. The normalized spacial score (nSPS) is 17.9. The molecule has 4 heterocycles. The van der Waals surface area contributed by atoms with Gasteiger partial charge in [-0.3, -0.25) is 14.6 Å². The summed E-state index contributed by atoms with van der Waals surface area (Å²) in [6.45, 7) is 2.57. The van der Waals surface area contributed by atoms with Gasteiger partial charge in [0, 0.05) is 32.0 Å². The lowest BCUT2D eigenvalue weighted by atomic mass is 10.00. The van der Waals surface area contributed by atoms with Gasteiger partial charge in [-0.25, -0.2) is 4.68 Å². The Kier molecular flexibility index (Phi) is 5.66. The van der Waals surface area contributed by atoms with Crippen molar-refractivity contribution in [2.24, 2.45) is 0 Å². The van der Waals surface area contributed by atoms with Crippen LogP contribution >= 0.6 is 0 Å². The van der Waals surface area contributed by atoms with Crippen LogP contribution in [-0.2, 0) is 30.7 Å². The number of nitrogens with zero attached hydrogens (tertiary/aromatic N) is 6. The second-order valence-corrected chi connectivity index (χ2v) is 8.49. The highest BCUT2D eigenvalue weighted by Crippen LogP contribution is 2.22. The Bertz CT molecular complexity index is 1110. The van der Waals surface area contributed by atoms with E-state index in [4.69, 9.17) is 0 Å². The summed E-state index contributed by atoms with van der Waals surface area (Å²) in [7, 11) is 0. The number of carbonyl (C=O) groups is 2. The van der Waals surface area contributed by atoms with Crippen LogP contribution in [0.15, 0.2) is 55.0 Å². The smallest absolute Gasteiger partial charge is 0.276 e. The predicted octanol–water partition coefficient (Wildman–Crippen LogP) is 2.11. The SMILES string of the molecule is O=C(c1cn(C[C@@H]2CCCN2C(=O)Cc2cccnc2)nn1)N1CCc2ccccc2C1. The third-order valence-corrected chi connectivity index (χ3v) is 6.35. The molecular formula is C24H26N6O2. The number of hydrogen-bond acceptors (Lipinski definition) is 5. The molecule has 1 saturated heterocycles. The minimum absolute atomic E-state index is 0.0608. The van der Waals surface area contributed by atoms with Crippen molar-refractivity contribution >= 4 is 11.8 Å². The van der Waals surface area contributed by atoms with Crippen LogP contribution < -0.4 is 0 Å². The van der Waals surface area contributed by atoms with Gasteiger partial charge in [-0.05, 0) is 42.0 Å². The molecule has 0 unspecified atom stereocenters. The van der Waals surface area contributed by atoms with Gasteiger partial charge in [-0.1, -0.05) is 35.5 Å². The average Bonchev–Trinajstić information content (AvgIpc) is 3.49.